The summed E-state index contributed by atoms with van der Waals surface area (Å²) >= 11 is 0. The summed E-state index contributed by atoms with van der Waals surface area (Å²) in [6.07, 6.45) is 3.40. The molecule has 1 heterocycles. The second-order valence-corrected chi connectivity index (χ2v) is 8.79. The Kier molecular flexibility index (Phi) is 6.96. The number of sulfonamides is 1. The summed E-state index contributed by atoms with van der Waals surface area (Å²) in [4.78, 5) is 34.8. The molecular weight excluding hydrogens is 408 g/mol. The Morgan fingerprint density at radius 1 is 0.967 bits per heavy atom. The van der Waals surface area contributed by atoms with Crippen LogP contribution in [0.5, 0.6) is 0 Å². The predicted molar refractivity (Wildman–Crippen MR) is 110 cm³/mol. The van der Waals surface area contributed by atoms with Gasteiger partial charge in [-0.15, -0.1) is 0 Å². The lowest BCUT2D eigenvalue weighted by atomic mass is 10.1. The summed E-state index contributed by atoms with van der Waals surface area (Å²) in [5.41, 5.74) is 1.04. The van der Waals surface area contributed by atoms with Crippen LogP contribution in [0.25, 0.3) is 0 Å². The first kappa shape index (κ1) is 21.7. The Morgan fingerprint density at radius 3 is 2.20 bits per heavy atom. The number of nitrogens with one attached hydrogen (secondary N) is 1. The number of ether oxygens (including phenoxy) is 1. The molecule has 1 saturated heterocycles. The van der Waals surface area contributed by atoms with E-state index in [0.717, 1.165) is 19.3 Å². The Morgan fingerprint density at radius 2 is 1.60 bits per heavy atom. The molecule has 1 amide bonds. The fourth-order valence-electron chi connectivity index (χ4n) is 3.07. The van der Waals surface area contributed by atoms with Gasteiger partial charge in [0.2, 0.25) is 10.0 Å². The number of nitrogens with zero attached hydrogens (tertiary/aromatic N) is 1. The zero-order chi connectivity index (χ0) is 21.6. The maximum Gasteiger partial charge on any atom is 0.338 e. The van der Waals surface area contributed by atoms with Gasteiger partial charge in [0, 0.05) is 24.3 Å². The molecule has 158 valence electrons. The average molecular weight is 430 g/mol. The number of amides is 1. The fourth-order valence-corrected chi connectivity index (χ4v) is 4.59. The number of anilines is 1. The zero-order valence-electron chi connectivity index (χ0n) is 16.2. The van der Waals surface area contributed by atoms with Crippen LogP contribution < -0.4 is 5.32 Å². The quantitative estimate of drug-likeness (QED) is 0.534. The number of carbonyl (C=O) groups excluding carboxylic acids is 3. The first-order chi connectivity index (χ1) is 14.4. The number of hydrogen-bond donors (Lipinski definition) is 1. The monoisotopic (exact) mass is 430 g/mol. The minimum atomic E-state index is -3.53. The molecule has 0 bridgehead atoms. The highest BCUT2D eigenvalue weighted by atomic mass is 32.2. The van der Waals surface area contributed by atoms with Crippen molar-refractivity contribution in [3.8, 4) is 0 Å². The van der Waals surface area contributed by atoms with Gasteiger partial charge in [-0.2, -0.15) is 4.31 Å². The van der Waals surface area contributed by atoms with Crippen molar-refractivity contribution in [2.75, 3.05) is 25.0 Å². The first-order valence-electron chi connectivity index (χ1n) is 9.52. The fraction of sp³-hybridized carbons (Fsp3) is 0.286. The van der Waals surface area contributed by atoms with E-state index in [-0.39, 0.29) is 10.5 Å². The third-order valence-corrected chi connectivity index (χ3v) is 6.62. The molecule has 0 aliphatic carbocycles. The van der Waals surface area contributed by atoms with Crippen molar-refractivity contribution >= 4 is 33.9 Å². The van der Waals surface area contributed by atoms with E-state index in [1.54, 1.807) is 0 Å². The van der Waals surface area contributed by atoms with E-state index in [1.165, 1.54) is 52.8 Å². The minimum Gasteiger partial charge on any atom is -0.452 e. The van der Waals surface area contributed by atoms with Crippen molar-refractivity contribution in [1.29, 1.82) is 0 Å². The molecule has 30 heavy (non-hydrogen) atoms. The van der Waals surface area contributed by atoms with Crippen LogP contribution in [0.3, 0.4) is 0 Å². The standard InChI is InChI=1S/C21H22N2O6S/c24-14-16-4-6-17(7-5-16)21(26)29-15-20(25)22-18-8-10-19(11-9-18)30(27,28)23-12-2-1-3-13-23/h4-11,14H,1-3,12-13,15H2,(H,22,25). The summed E-state index contributed by atoms with van der Waals surface area (Å²) in [6, 6.07) is 11.7. The minimum absolute atomic E-state index is 0.174. The van der Waals surface area contributed by atoms with Crippen molar-refractivity contribution < 1.29 is 27.5 Å². The van der Waals surface area contributed by atoms with Crippen molar-refractivity contribution in [1.82, 2.24) is 4.31 Å². The Labute approximate surface area is 174 Å². The molecule has 0 saturated carbocycles. The number of esters is 1. The highest BCUT2D eigenvalue weighted by Gasteiger charge is 2.25. The lowest BCUT2D eigenvalue weighted by Crippen LogP contribution is -2.35. The second kappa shape index (κ2) is 9.64. The van der Waals surface area contributed by atoms with Crippen LogP contribution in [0.15, 0.2) is 53.4 Å². The maximum atomic E-state index is 12.6. The summed E-state index contributed by atoms with van der Waals surface area (Å²) in [7, 11) is -3.53. The summed E-state index contributed by atoms with van der Waals surface area (Å²) in [5.74, 6) is -1.25. The normalized spacial score (nSPS) is 14.7. The molecule has 1 aliphatic heterocycles. The molecule has 1 fully saturated rings. The molecular formula is C21H22N2O6S. The van der Waals surface area contributed by atoms with Crippen LogP contribution in [0.4, 0.5) is 5.69 Å². The molecule has 0 aromatic heterocycles. The van der Waals surface area contributed by atoms with E-state index in [0.29, 0.717) is 30.6 Å². The van der Waals surface area contributed by atoms with E-state index in [9.17, 15) is 22.8 Å². The Bertz CT molecular complexity index is 1010. The van der Waals surface area contributed by atoms with Crippen LogP contribution >= 0.6 is 0 Å². The molecule has 0 radical (unpaired) electrons. The van der Waals surface area contributed by atoms with Crippen LogP contribution in [-0.4, -0.2) is 50.6 Å². The lowest BCUT2D eigenvalue weighted by molar-refractivity contribution is -0.119. The molecule has 0 atom stereocenters. The van der Waals surface area contributed by atoms with E-state index < -0.39 is 28.5 Å². The number of hydrogen-bond acceptors (Lipinski definition) is 6. The summed E-state index contributed by atoms with van der Waals surface area (Å²) in [5, 5.41) is 2.55. The molecule has 9 heteroatoms. The van der Waals surface area contributed by atoms with Crippen LogP contribution in [0.2, 0.25) is 0 Å². The molecule has 8 nitrogen and oxygen atoms in total. The SMILES string of the molecule is O=Cc1ccc(C(=O)OCC(=O)Nc2ccc(S(=O)(=O)N3CCCCC3)cc2)cc1. The van der Waals surface area contributed by atoms with Gasteiger partial charge in [0.05, 0.1) is 10.5 Å². The topological polar surface area (TPSA) is 110 Å². The van der Waals surface area contributed by atoms with Crippen LogP contribution in [0.1, 0.15) is 40.0 Å². The Balaban J connectivity index is 1.53. The van der Waals surface area contributed by atoms with E-state index in [2.05, 4.69) is 5.32 Å². The molecule has 2 aromatic rings. The third-order valence-electron chi connectivity index (χ3n) is 4.71. The van der Waals surface area contributed by atoms with Gasteiger partial charge in [-0.3, -0.25) is 9.59 Å². The average Bonchev–Trinajstić information content (AvgIpc) is 2.78. The smallest absolute Gasteiger partial charge is 0.338 e. The first-order valence-corrected chi connectivity index (χ1v) is 11.0. The van der Waals surface area contributed by atoms with Crippen LogP contribution in [0, 0.1) is 0 Å². The van der Waals surface area contributed by atoms with E-state index in [1.807, 2.05) is 0 Å². The van der Waals surface area contributed by atoms with Gasteiger partial charge in [0.25, 0.3) is 5.91 Å². The number of aldehydes is 1. The molecule has 2 aromatic carbocycles. The second-order valence-electron chi connectivity index (χ2n) is 6.85. The number of carbonyl (C=O) groups is 3. The van der Waals surface area contributed by atoms with Gasteiger partial charge in [0.1, 0.15) is 6.29 Å². The largest absolute Gasteiger partial charge is 0.452 e. The van der Waals surface area contributed by atoms with Crippen molar-refractivity contribution in [2.24, 2.45) is 0 Å². The van der Waals surface area contributed by atoms with Crippen molar-refractivity contribution in [2.45, 2.75) is 24.2 Å². The molecule has 0 unspecified atom stereocenters. The lowest BCUT2D eigenvalue weighted by Gasteiger charge is -2.25. The number of rotatable bonds is 7. The molecule has 0 spiro atoms. The van der Waals surface area contributed by atoms with Gasteiger partial charge in [0.15, 0.2) is 6.61 Å². The van der Waals surface area contributed by atoms with Crippen molar-refractivity contribution in [3.05, 3.63) is 59.7 Å². The van der Waals surface area contributed by atoms with E-state index >= 15 is 0 Å². The van der Waals surface area contributed by atoms with Gasteiger partial charge in [-0.05, 0) is 49.2 Å². The predicted octanol–water partition coefficient (Wildman–Crippen LogP) is 2.47. The van der Waals surface area contributed by atoms with Crippen molar-refractivity contribution in [3.63, 3.8) is 0 Å². The third kappa shape index (κ3) is 5.31. The maximum absolute atomic E-state index is 12.6. The van der Waals surface area contributed by atoms with Gasteiger partial charge >= 0.3 is 5.97 Å². The van der Waals surface area contributed by atoms with Gasteiger partial charge < -0.3 is 10.1 Å². The summed E-state index contributed by atoms with van der Waals surface area (Å²) in [6.45, 7) is 0.538. The molecule has 1 aliphatic rings. The van der Waals surface area contributed by atoms with Gasteiger partial charge in [-0.1, -0.05) is 18.6 Å². The summed E-state index contributed by atoms with van der Waals surface area (Å²) < 4.78 is 31.7. The van der Waals surface area contributed by atoms with Gasteiger partial charge in [-0.25, -0.2) is 13.2 Å². The number of benzene rings is 2. The highest BCUT2D eigenvalue weighted by molar-refractivity contribution is 7.89. The Hall–Kier alpha value is -3.04. The number of piperidine rings is 1. The molecule has 3 rings (SSSR count). The van der Waals surface area contributed by atoms with Crippen LogP contribution in [-0.2, 0) is 19.6 Å². The molecule has 1 N–H and O–H groups in total. The highest BCUT2D eigenvalue weighted by Crippen LogP contribution is 2.22. The zero-order valence-corrected chi connectivity index (χ0v) is 17.1. The van der Waals surface area contributed by atoms with E-state index in [4.69, 9.17) is 4.74 Å².